The maximum Gasteiger partial charge on any atom is 0.180 e. The monoisotopic (exact) mass is 373 g/mol. The molecule has 0 heterocycles. The molecule has 0 aliphatic rings. The summed E-state index contributed by atoms with van der Waals surface area (Å²) >= 11 is 1.42. The smallest absolute Gasteiger partial charge is 0.180 e. The molecule has 0 fully saturated rings. The molecule has 0 radical (unpaired) electrons. The Labute approximate surface area is 158 Å². The fraction of sp³-hybridized carbons (Fsp3) is 0.300. The van der Waals surface area contributed by atoms with Gasteiger partial charge >= 0.3 is 0 Å². The predicted molar refractivity (Wildman–Crippen MR) is 108 cm³/mol. The van der Waals surface area contributed by atoms with Gasteiger partial charge in [-0.2, -0.15) is 5.10 Å². The molecule has 4 nitrogen and oxygen atoms in total. The molecule has 26 heavy (non-hydrogen) atoms. The lowest BCUT2D eigenvalue weighted by Crippen LogP contribution is -2.06. The van der Waals surface area contributed by atoms with E-state index in [0.29, 0.717) is 18.4 Å². The number of nitrogens with two attached hydrogens (primary N) is 1. The number of thioether (sulfide) groups is 1. The lowest BCUT2D eigenvalue weighted by Gasteiger charge is -2.07. The second-order valence-electron chi connectivity index (χ2n) is 5.71. The van der Waals surface area contributed by atoms with Crippen LogP contribution in [0.15, 0.2) is 58.7 Å². The summed E-state index contributed by atoms with van der Waals surface area (Å²) in [6, 6.07) is 14.5. The summed E-state index contributed by atoms with van der Waals surface area (Å²) in [6.07, 6.45) is 3.62. The Morgan fingerprint density at radius 2 is 2.04 bits per heavy atom. The van der Waals surface area contributed by atoms with E-state index in [1.807, 2.05) is 30.3 Å². The molecule has 0 aromatic heterocycles. The first-order chi connectivity index (χ1) is 12.7. The number of halogens is 1. The fourth-order valence-electron chi connectivity index (χ4n) is 2.16. The fourth-order valence-corrected chi connectivity index (χ4v) is 2.77. The Kier molecular flexibility index (Phi) is 8.86. The van der Waals surface area contributed by atoms with E-state index in [9.17, 15) is 4.39 Å². The Hall–Kier alpha value is -2.18. The summed E-state index contributed by atoms with van der Waals surface area (Å²) in [5.41, 5.74) is 8.56. The summed E-state index contributed by atoms with van der Waals surface area (Å²) in [7, 11) is 0. The van der Waals surface area contributed by atoms with E-state index in [4.69, 9.17) is 10.5 Å². The van der Waals surface area contributed by atoms with Crippen LogP contribution < -0.4 is 5.73 Å². The highest BCUT2D eigenvalue weighted by atomic mass is 32.2. The first kappa shape index (κ1) is 20.1. The van der Waals surface area contributed by atoms with Crippen LogP contribution in [-0.4, -0.2) is 18.0 Å². The van der Waals surface area contributed by atoms with E-state index in [1.54, 1.807) is 12.3 Å². The van der Waals surface area contributed by atoms with Gasteiger partial charge in [0.2, 0.25) is 0 Å². The van der Waals surface area contributed by atoms with Crippen molar-refractivity contribution in [2.75, 3.05) is 6.61 Å². The van der Waals surface area contributed by atoms with Gasteiger partial charge in [-0.05, 0) is 29.7 Å². The molecule has 0 bridgehead atoms. The van der Waals surface area contributed by atoms with E-state index < -0.39 is 0 Å². The second-order valence-corrected chi connectivity index (χ2v) is 6.70. The number of rotatable bonds is 9. The zero-order chi connectivity index (χ0) is 18.6. The van der Waals surface area contributed by atoms with Crippen molar-refractivity contribution in [3.63, 3.8) is 0 Å². The van der Waals surface area contributed by atoms with Gasteiger partial charge in [-0.15, -0.1) is 5.10 Å². The molecule has 0 unspecified atom stereocenters. The highest BCUT2D eigenvalue weighted by Crippen LogP contribution is 2.13. The third-order valence-electron chi connectivity index (χ3n) is 3.59. The van der Waals surface area contributed by atoms with Crippen LogP contribution in [0.2, 0.25) is 0 Å². The number of nitrogens with zero attached hydrogens (tertiary/aromatic N) is 2. The molecule has 2 N–H and O–H groups in total. The number of hydrogen-bond donors (Lipinski definition) is 1. The average molecular weight is 373 g/mol. The van der Waals surface area contributed by atoms with Gasteiger partial charge in [0.15, 0.2) is 5.17 Å². The van der Waals surface area contributed by atoms with Crippen LogP contribution >= 0.6 is 11.8 Å². The number of unbranched alkanes of at least 4 members (excludes halogenated alkanes) is 1. The Bertz CT molecular complexity index is 735. The third kappa shape index (κ3) is 7.37. The van der Waals surface area contributed by atoms with Crippen LogP contribution in [0.1, 0.15) is 36.5 Å². The van der Waals surface area contributed by atoms with E-state index in [0.717, 1.165) is 29.7 Å². The molecule has 0 spiro atoms. The van der Waals surface area contributed by atoms with Gasteiger partial charge in [0.1, 0.15) is 5.82 Å². The number of benzene rings is 2. The third-order valence-corrected chi connectivity index (χ3v) is 4.44. The van der Waals surface area contributed by atoms with Gasteiger partial charge in [0.05, 0.1) is 12.8 Å². The predicted octanol–water partition coefficient (Wildman–Crippen LogP) is 4.72. The van der Waals surface area contributed by atoms with Crippen molar-refractivity contribution in [3.05, 3.63) is 71.0 Å². The van der Waals surface area contributed by atoms with Gasteiger partial charge in [0.25, 0.3) is 0 Å². The number of amidine groups is 1. The molecule has 0 saturated carbocycles. The number of ether oxygens (including phenoxy) is 1. The maximum absolute atomic E-state index is 13.5. The lowest BCUT2D eigenvalue weighted by molar-refractivity contribution is 0.118. The van der Waals surface area contributed by atoms with Gasteiger partial charge < -0.3 is 10.5 Å². The molecule has 2 rings (SSSR count). The van der Waals surface area contributed by atoms with Crippen LogP contribution in [0.5, 0.6) is 0 Å². The summed E-state index contributed by atoms with van der Waals surface area (Å²) in [4.78, 5) is 0. The number of hydrogen-bond acceptors (Lipinski definition) is 4. The second kappa shape index (κ2) is 11.4. The minimum Gasteiger partial charge on any atom is -0.377 e. The largest absolute Gasteiger partial charge is 0.377 e. The van der Waals surface area contributed by atoms with Gasteiger partial charge in [-0.25, -0.2) is 4.39 Å². The molecule has 6 heteroatoms. The summed E-state index contributed by atoms with van der Waals surface area (Å²) in [6.45, 7) is 3.10. The average Bonchev–Trinajstić information content (AvgIpc) is 2.66. The highest BCUT2D eigenvalue weighted by molar-refractivity contribution is 8.13. The molecule has 0 aliphatic carbocycles. The molecule has 138 valence electrons. The van der Waals surface area contributed by atoms with Crippen LogP contribution in [0.4, 0.5) is 4.39 Å². The topological polar surface area (TPSA) is 60.0 Å². The van der Waals surface area contributed by atoms with Gasteiger partial charge in [-0.3, -0.25) is 0 Å². The van der Waals surface area contributed by atoms with Crippen LogP contribution in [0.25, 0.3) is 0 Å². The molecule has 2 aromatic rings. The van der Waals surface area contributed by atoms with Crippen molar-refractivity contribution >= 4 is 23.1 Å². The zero-order valence-corrected chi connectivity index (χ0v) is 15.7. The summed E-state index contributed by atoms with van der Waals surface area (Å²) < 4.78 is 19.1. The zero-order valence-electron chi connectivity index (χ0n) is 14.9. The first-order valence-electron chi connectivity index (χ1n) is 8.58. The minimum absolute atomic E-state index is 0.294. The van der Waals surface area contributed by atoms with Crippen LogP contribution in [0, 0.1) is 5.82 Å². The van der Waals surface area contributed by atoms with E-state index >= 15 is 0 Å². The van der Waals surface area contributed by atoms with E-state index in [2.05, 4.69) is 17.1 Å². The van der Waals surface area contributed by atoms with Crippen molar-refractivity contribution in [3.8, 4) is 0 Å². The molecule has 2 aromatic carbocycles. The Morgan fingerprint density at radius 1 is 1.23 bits per heavy atom. The van der Waals surface area contributed by atoms with Crippen molar-refractivity contribution in [1.29, 1.82) is 0 Å². The van der Waals surface area contributed by atoms with Crippen LogP contribution in [0.3, 0.4) is 0 Å². The minimum atomic E-state index is -0.294. The molecule has 0 amide bonds. The Morgan fingerprint density at radius 3 is 2.81 bits per heavy atom. The van der Waals surface area contributed by atoms with Crippen molar-refractivity contribution in [2.24, 2.45) is 15.9 Å². The van der Waals surface area contributed by atoms with Crippen molar-refractivity contribution in [2.45, 2.75) is 32.1 Å². The molecular weight excluding hydrogens is 349 g/mol. The quantitative estimate of drug-likeness (QED) is 0.299. The van der Waals surface area contributed by atoms with Crippen LogP contribution in [-0.2, 0) is 17.1 Å². The summed E-state index contributed by atoms with van der Waals surface area (Å²) in [5.74, 6) is 0.441. The summed E-state index contributed by atoms with van der Waals surface area (Å²) in [5, 5.41) is 8.41. The van der Waals surface area contributed by atoms with E-state index in [1.165, 1.54) is 29.5 Å². The molecule has 0 saturated heterocycles. The van der Waals surface area contributed by atoms with Crippen molar-refractivity contribution < 1.29 is 9.13 Å². The molecule has 0 aliphatic heterocycles. The lowest BCUT2D eigenvalue weighted by atomic mass is 10.1. The Balaban J connectivity index is 1.93. The van der Waals surface area contributed by atoms with Gasteiger partial charge in [-0.1, -0.05) is 61.5 Å². The normalized spacial score (nSPS) is 12.0. The maximum atomic E-state index is 13.5. The standard InChI is InChI=1S/C20H24FN3OS/c1-2-3-11-25-14-18-12-19(21)10-9-17(18)13-23-24-20(22)26-15-16-7-5-4-6-8-16/h4-10,12-13H,2-3,11,14-15H2,1H3,(H2,22,24). The van der Waals surface area contributed by atoms with Crippen molar-refractivity contribution in [1.82, 2.24) is 0 Å². The molecular formula is C20H24FN3OS. The van der Waals surface area contributed by atoms with Gasteiger partial charge in [0, 0.05) is 17.9 Å². The first-order valence-corrected chi connectivity index (χ1v) is 9.57. The highest BCUT2D eigenvalue weighted by Gasteiger charge is 2.03. The van der Waals surface area contributed by atoms with E-state index in [-0.39, 0.29) is 5.82 Å². The SMILES string of the molecule is CCCCOCc1cc(F)ccc1C=NN=C(N)SCc1ccccc1. The molecule has 0 atom stereocenters.